The van der Waals surface area contributed by atoms with E-state index in [4.69, 9.17) is 0 Å². The smallest absolute Gasteiger partial charge is 0.255 e. The number of nitrogens with one attached hydrogen (secondary N) is 2. The van der Waals surface area contributed by atoms with Gasteiger partial charge in [0.05, 0.1) is 11.4 Å². The average Bonchev–Trinajstić information content (AvgIpc) is 2.96. The van der Waals surface area contributed by atoms with Gasteiger partial charge in [0.2, 0.25) is 15.9 Å². The SMILES string of the molecule is CC(=O)Nc1ccc(S(=O)(=O)NCc2nnc3nc(C)cc(C)n23)cc1. The van der Waals surface area contributed by atoms with Crippen LogP contribution in [0.1, 0.15) is 24.1 Å². The van der Waals surface area contributed by atoms with Gasteiger partial charge in [0, 0.05) is 24.0 Å². The number of anilines is 1. The Bertz CT molecular complexity index is 1070. The number of carbonyl (C=O) groups excluding carboxylic acids is 1. The Hall–Kier alpha value is -2.85. The summed E-state index contributed by atoms with van der Waals surface area (Å²) in [7, 11) is -3.74. The first-order valence-electron chi connectivity index (χ1n) is 7.82. The highest BCUT2D eigenvalue weighted by molar-refractivity contribution is 7.89. The van der Waals surface area contributed by atoms with Crippen molar-refractivity contribution in [1.29, 1.82) is 0 Å². The Balaban J connectivity index is 1.79. The van der Waals surface area contributed by atoms with E-state index < -0.39 is 10.0 Å². The fraction of sp³-hybridized carbons (Fsp3) is 0.250. The molecule has 0 fully saturated rings. The molecule has 0 spiro atoms. The molecule has 0 atom stereocenters. The Kier molecular flexibility index (Phi) is 4.70. The van der Waals surface area contributed by atoms with Crippen LogP contribution in [0.3, 0.4) is 0 Å². The lowest BCUT2D eigenvalue weighted by atomic mass is 10.3. The second kappa shape index (κ2) is 6.81. The van der Waals surface area contributed by atoms with Gasteiger partial charge in [0.25, 0.3) is 5.78 Å². The number of benzene rings is 1. The van der Waals surface area contributed by atoms with Gasteiger partial charge in [-0.1, -0.05) is 0 Å². The van der Waals surface area contributed by atoms with Crippen LogP contribution in [0.15, 0.2) is 35.2 Å². The summed E-state index contributed by atoms with van der Waals surface area (Å²) in [6.07, 6.45) is 0. The van der Waals surface area contributed by atoms with Crippen molar-refractivity contribution in [3.05, 3.63) is 47.5 Å². The van der Waals surface area contributed by atoms with E-state index in [1.807, 2.05) is 19.9 Å². The first-order valence-corrected chi connectivity index (χ1v) is 9.30. The summed E-state index contributed by atoms with van der Waals surface area (Å²) in [5, 5.41) is 10.6. The van der Waals surface area contributed by atoms with Crippen molar-refractivity contribution in [3.8, 4) is 0 Å². The molecular weight excluding hydrogens is 356 g/mol. The van der Waals surface area contributed by atoms with E-state index in [1.54, 1.807) is 4.40 Å². The molecule has 0 radical (unpaired) electrons. The number of hydrogen-bond acceptors (Lipinski definition) is 6. The third kappa shape index (κ3) is 3.70. The Morgan fingerprint density at radius 2 is 1.85 bits per heavy atom. The summed E-state index contributed by atoms with van der Waals surface area (Å²) in [4.78, 5) is 15.4. The molecule has 0 saturated heterocycles. The number of rotatable bonds is 5. The predicted octanol–water partition coefficient (Wildman–Crippen LogP) is 1.18. The molecule has 0 aliphatic heterocycles. The first-order chi connectivity index (χ1) is 12.3. The summed E-state index contributed by atoms with van der Waals surface area (Å²) in [6.45, 7) is 5.09. The van der Waals surface area contributed by atoms with E-state index in [0.717, 1.165) is 11.4 Å². The zero-order valence-electron chi connectivity index (χ0n) is 14.5. The minimum Gasteiger partial charge on any atom is -0.326 e. The van der Waals surface area contributed by atoms with Gasteiger partial charge in [0.1, 0.15) is 0 Å². The maximum atomic E-state index is 12.5. The van der Waals surface area contributed by atoms with E-state index >= 15 is 0 Å². The van der Waals surface area contributed by atoms with Crippen molar-refractivity contribution >= 4 is 27.4 Å². The van der Waals surface area contributed by atoms with Crippen molar-refractivity contribution in [2.45, 2.75) is 32.2 Å². The third-order valence-electron chi connectivity index (χ3n) is 3.67. The lowest BCUT2D eigenvalue weighted by Crippen LogP contribution is -2.24. The van der Waals surface area contributed by atoms with Crippen LogP contribution >= 0.6 is 0 Å². The fourth-order valence-electron chi connectivity index (χ4n) is 2.58. The van der Waals surface area contributed by atoms with Crippen molar-refractivity contribution in [2.75, 3.05) is 5.32 Å². The van der Waals surface area contributed by atoms with Gasteiger partial charge in [-0.25, -0.2) is 18.1 Å². The van der Waals surface area contributed by atoms with Gasteiger partial charge in [-0.2, -0.15) is 0 Å². The fourth-order valence-corrected chi connectivity index (χ4v) is 3.56. The van der Waals surface area contributed by atoms with Gasteiger partial charge in [-0.05, 0) is 44.2 Å². The highest BCUT2D eigenvalue weighted by Gasteiger charge is 2.17. The van der Waals surface area contributed by atoms with Crippen LogP contribution in [0, 0.1) is 13.8 Å². The summed E-state index contributed by atoms with van der Waals surface area (Å²) in [5.74, 6) is 0.649. The van der Waals surface area contributed by atoms with E-state index in [0.29, 0.717) is 17.3 Å². The molecule has 10 heteroatoms. The molecular formula is C16H18N6O3S. The van der Waals surface area contributed by atoms with Gasteiger partial charge >= 0.3 is 0 Å². The molecule has 3 aromatic rings. The summed E-state index contributed by atoms with van der Waals surface area (Å²) in [5.41, 5.74) is 2.21. The normalized spacial score (nSPS) is 11.7. The molecule has 0 bridgehead atoms. The molecule has 0 unspecified atom stereocenters. The first kappa shape index (κ1) is 18.0. The number of hydrogen-bond donors (Lipinski definition) is 2. The number of nitrogens with zero attached hydrogens (tertiary/aromatic N) is 4. The van der Waals surface area contributed by atoms with Crippen LogP contribution in [0.4, 0.5) is 5.69 Å². The van der Waals surface area contributed by atoms with Gasteiger partial charge in [-0.3, -0.25) is 9.20 Å². The molecule has 26 heavy (non-hydrogen) atoms. The largest absolute Gasteiger partial charge is 0.326 e. The number of aryl methyl sites for hydroxylation is 2. The summed E-state index contributed by atoms with van der Waals surface area (Å²) >= 11 is 0. The summed E-state index contributed by atoms with van der Waals surface area (Å²) < 4.78 is 29.1. The Morgan fingerprint density at radius 3 is 2.50 bits per heavy atom. The van der Waals surface area contributed by atoms with E-state index in [1.165, 1.54) is 31.2 Å². The number of sulfonamides is 1. The number of amides is 1. The third-order valence-corrected chi connectivity index (χ3v) is 5.08. The Labute approximate surface area is 150 Å². The van der Waals surface area contributed by atoms with Crippen LogP contribution in [-0.2, 0) is 21.4 Å². The minimum atomic E-state index is -3.74. The number of fused-ring (bicyclic) bond motifs is 1. The molecule has 3 rings (SSSR count). The van der Waals surface area contributed by atoms with Crippen molar-refractivity contribution in [2.24, 2.45) is 0 Å². The second-order valence-corrected chi connectivity index (χ2v) is 7.59. The molecule has 9 nitrogen and oxygen atoms in total. The zero-order chi connectivity index (χ0) is 18.9. The maximum Gasteiger partial charge on any atom is 0.255 e. The molecule has 2 heterocycles. The topological polar surface area (TPSA) is 118 Å². The molecule has 0 aliphatic rings. The van der Waals surface area contributed by atoms with Crippen LogP contribution in [0.5, 0.6) is 0 Å². The van der Waals surface area contributed by atoms with Crippen LogP contribution in [0.2, 0.25) is 0 Å². The van der Waals surface area contributed by atoms with E-state index in [2.05, 4.69) is 25.2 Å². The van der Waals surface area contributed by atoms with Crippen LogP contribution in [0.25, 0.3) is 5.78 Å². The molecule has 0 saturated carbocycles. The van der Waals surface area contributed by atoms with Gasteiger partial charge in [-0.15, -0.1) is 10.2 Å². The highest BCUT2D eigenvalue weighted by atomic mass is 32.2. The molecule has 1 amide bonds. The average molecular weight is 374 g/mol. The van der Waals surface area contributed by atoms with Crippen molar-refractivity contribution < 1.29 is 13.2 Å². The van der Waals surface area contributed by atoms with Crippen molar-refractivity contribution in [3.63, 3.8) is 0 Å². The van der Waals surface area contributed by atoms with E-state index in [-0.39, 0.29) is 17.3 Å². The Morgan fingerprint density at radius 1 is 1.15 bits per heavy atom. The lowest BCUT2D eigenvalue weighted by molar-refractivity contribution is -0.114. The molecule has 136 valence electrons. The monoisotopic (exact) mass is 374 g/mol. The van der Waals surface area contributed by atoms with Crippen molar-refractivity contribution in [1.82, 2.24) is 24.3 Å². The maximum absolute atomic E-state index is 12.5. The molecule has 0 aliphatic carbocycles. The van der Waals surface area contributed by atoms with Crippen LogP contribution < -0.4 is 10.0 Å². The molecule has 2 N–H and O–H groups in total. The van der Waals surface area contributed by atoms with Gasteiger partial charge < -0.3 is 5.32 Å². The molecule has 2 aromatic heterocycles. The standard InChI is InChI=1S/C16H18N6O3S/c1-10-8-11(2)22-15(20-21-16(22)18-10)9-17-26(24,25)14-6-4-13(5-7-14)19-12(3)23/h4-8,17H,9H2,1-3H3,(H,19,23). The zero-order valence-corrected chi connectivity index (χ0v) is 15.3. The van der Waals surface area contributed by atoms with Gasteiger partial charge in [0.15, 0.2) is 5.82 Å². The molecule has 1 aromatic carbocycles. The second-order valence-electron chi connectivity index (χ2n) is 5.82. The predicted molar refractivity (Wildman–Crippen MR) is 95.0 cm³/mol. The van der Waals surface area contributed by atoms with E-state index in [9.17, 15) is 13.2 Å². The van der Waals surface area contributed by atoms with Crippen LogP contribution in [-0.4, -0.2) is 33.9 Å². The number of aromatic nitrogens is 4. The minimum absolute atomic E-state index is 0.0253. The number of carbonyl (C=O) groups is 1. The quantitative estimate of drug-likeness (QED) is 0.692. The highest BCUT2D eigenvalue weighted by Crippen LogP contribution is 2.15. The lowest BCUT2D eigenvalue weighted by Gasteiger charge is -2.08. The summed E-state index contributed by atoms with van der Waals surface area (Å²) in [6, 6.07) is 7.77.